The van der Waals surface area contributed by atoms with Gasteiger partial charge in [0, 0.05) is 16.2 Å². The highest BCUT2D eigenvalue weighted by molar-refractivity contribution is 9.10. The molecule has 2 nitrogen and oxygen atoms in total. The van der Waals surface area contributed by atoms with Crippen molar-refractivity contribution in [3.63, 3.8) is 0 Å². The highest BCUT2D eigenvalue weighted by atomic mass is 79.9. The van der Waals surface area contributed by atoms with Crippen LogP contribution in [0.15, 0.2) is 51.3 Å². The number of hydrogen-bond acceptors (Lipinski definition) is 4. The second-order valence-electron chi connectivity index (χ2n) is 4.75. The molecule has 0 saturated heterocycles. The Morgan fingerprint density at radius 1 is 1.24 bits per heavy atom. The van der Waals surface area contributed by atoms with Crippen molar-refractivity contribution in [1.29, 1.82) is 0 Å². The number of thioether (sulfide) groups is 1. The molecular weight excluding hydrogens is 364 g/mol. The minimum Gasteiger partial charge on any atom is -0.378 e. The smallest absolute Gasteiger partial charge is 0.150 e. The van der Waals surface area contributed by atoms with Crippen molar-refractivity contribution in [2.75, 3.05) is 11.6 Å². The van der Waals surface area contributed by atoms with Crippen LogP contribution in [-0.2, 0) is 0 Å². The molecule has 0 bridgehead atoms. The van der Waals surface area contributed by atoms with Gasteiger partial charge in [0.15, 0.2) is 4.34 Å². The van der Waals surface area contributed by atoms with Gasteiger partial charge in [-0.15, -0.1) is 11.3 Å². The molecule has 0 aliphatic rings. The summed E-state index contributed by atoms with van der Waals surface area (Å²) in [6, 6.07) is 14.9. The molecule has 108 valence electrons. The van der Waals surface area contributed by atoms with Crippen LogP contribution < -0.4 is 5.32 Å². The van der Waals surface area contributed by atoms with Gasteiger partial charge in [0.25, 0.3) is 0 Å². The van der Waals surface area contributed by atoms with E-state index in [1.54, 1.807) is 23.1 Å². The van der Waals surface area contributed by atoms with Crippen molar-refractivity contribution < 1.29 is 0 Å². The molecule has 2 aromatic carbocycles. The van der Waals surface area contributed by atoms with Crippen LogP contribution in [0.5, 0.6) is 0 Å². The molecule has 3 rings (SSSR count). The van der Waals surface area contributed by atoms with E-state index in [4.69, 9.17) is 0 Å². The maximum Gasteiger partial charge on any atom is 0.150 e. The highest BCUT2D eigenvalue weighted by Gasteiger charge is 2.10. The standard InChI is InChI=1S/C16H15BrN2S2/c1-10(12-5-3-4-6-13(12)17)18-11-7-8-14-15(9-11)21-16(19-14)20-2/h3-10,18H,1-2H3. The first-order chi connectivity index (χ1) is 10.2. The Morgan fingerprint density at radius 2 is 2.05 bits per heavy atom. The third-order valence-corrected chi connectivity index (χ3v) is 6.02. The summed E-state index contributed by atoms with van der Waals surface area (Å²) in [6.45, 7) is 2.17. The van der Waals surface area contributed by atoms with Crippen molar-refractivity contribution in [1.82, 2.24) is 4.98 Å². The number of thiazole rings is 1. The quantitative estimate of drug-likeness (QED) is 0.567. The molecule has 0 radical (unpaired) electrons. The molecule has 1 aromatic heterocycles. The summed E-state index contributed by atoms with van der Waals surface area (Å²) in [5, 5.41) is 3.56. The van der Waals surface area contributed by atoms with E-state index in [1.165, 1.54) is 10.3 Å². The van der Waals surface area contributed by atoms with Crippen LogP contribution in [0.4, 0.5) is 5.69 Å². The van der Waals surface area contributed by atoms with Gasteiger partial charge in [-0.2, -0.15) is 0 Å². The second kappa shape index (κ2) is 6.38. The summed E-state index contributed by atoms with van der Waals surface area (Å²) >= 11 is 7.05. The molecular formula is C16H15BrN2S2. The van der Waals surface area contributed by atoms with Crippen LogP contribution in [0.25, 0.3) is 10.2 Å². The van der Waals surface area contributed by atoms with Crippen LogP contribution in [0, 0.1) is 0 Å². The maximum atomic E-state index is 4.57. The van der Waals surface area contributed by atoms with E-state index in [0.29, 0.717) is 0 Å². The van der Waals surface area contributed by atoms with Crippen LogP contribution >= 0.6 is 39.0 Å². The zero-order chi connectivity index (χ0) is 14.8. The van der Waals surface area contributed by atoms with Crippen LogP contribution in [0.1, 0.15) is 18.5 Å². The van der Waals surface area contributed by atoms with Crippen molar-refractivity contribution in [3.8, 4) is 0 Å². The van der Waals surface area contributed by atoms with Crippen LogP contribution in [0.3, 0.4) is 0 Å². The second-order valence-corrected chi connectivity index (χ2v) is 7.69. The number of benzene rings is 2. The zero-order valence-corrected chi connectivity index (χ0v) is 15.0. The molecule has 1 heterocycles. The first-order valence-corrected chi connectivity index (χ1v) is 9.46. The van der Waals surface area contributed by atoms with E-state index in [-0.39, 0.29) is 6.04 Å². The molecule has 0 spiro atoms. The molecule has 1 N–H and O–H groups in total. The Bertz CT molecular complexity index is 770. The predicted octanol–water partition coefficient (Wildman–Crippen LogP) is 5.95. The minimum atomic E-state index is 0.242. The molecule has 3 aromatic rings. The van der Waals surface area contributed by atoms with Crippen molar-refractivity contribution in [2.45, 2.75) is 17.3 Å². The van der Waals surface area contributed by atoms with Crippen LogP contribution in [-0.4, -0.2) is 11.2 Å². The summed E-state index contributed by atoms with van der Waals surface area (Å²) in [4.78, 5) is 4.57. The van der Waals surface area contributed by atoms with E-state index in [2.05, 4.69) is 75.8 Å². The average Bonchev–Trinajstić information content (AvgIpc) is 2.90. The van der Waals surface area contributed by atoms with Crippen molar-refractivity contribution in [3.05, 3.63) is 52.5 Å². The van der Waals surface area contributed by atoms with Crippen molar-refractivity contribution in [2.24, 2.45) is 0 Å². The summed E-state index contributed by atoms with van der Waals surface area (Å²) in [6.07, 6.45) is 2.06. The molecule has 1 atom stereocenters. The number of nitrogens with one attached hydrogen (secondary N) is 1. The number of aromatic nitrogens is 1. The molecule has 21 heavy (non-hydrogen) atoms. The van der Waals surface area contributed by atoms with Gasteiger partial charge in [0.1, 0.15) is 0 Å². The van der Waals surface area contributed by atoms with Crippen molar-refractivity contribution >= 4 is 54.9 Å². The zero-order valence-electron chi connectivity index (χ0n) is 11.8. The maximum absolute atomic E-state index is 4.57. The molecule has 0 aliphatic heterocycles. The molecule has 0 fully saturated rings. The van der Waals surface area contributed by atoms with E-state index in [0.717, 1.165) is 20.0 Å². The SMILES string of the molecule is CSc1nc2ccc(NC(C)c3ccccc3Br)cc2s1. The number of fused-ring (bicyclic) bond motifs is 1. The lowest BCUT2D eigenvalue weighted by atomic mass is 10.1. The van der Waals surface area contributed by atoms with Gasteiger partial charge in [-0.1, -0.05) is 45.9 Å². The monoisotopic (exact) mass is 378 g/mol. The fourth-order valence-corrected chi connectivity index (χ4v) is 4.39. The first kappa shape index (κ1) is 14.9. The number of halogens is 1. The third-order valence-electron chi connectivity index (χ3n) is 3.30. The predicted molar refractivity (Wildman–Crippen MR) is 97.6 cm³/mol. The Kier molecular flexibility index (Phi) is 4.52. The highest BCUT2D eigenvalue weighted by Crippen LogP contribution is 2.32. The number of nitrogens with zero attached hydrogens (tertiary/aromatic N) is 1. The van der Waals surface area contributed by atoms with Gasteiger partial charge in [0.05, 0.1) is 10.2 Å². The summed E-state index contributed by atoms with van der Waals surface area (Å²) in [5.41, 5.74) is 3.46. The molecule has 0 aliphatic carbocycles. The molecule has 5 heteroatoms. The summed E-state index contributed by atoms with van der Waals surface area (Å²) < 4.78 is 3.47. The van der Waals surface area contributed by atoms with Crippen LogP contribution in [0.2, 0.25) is 0 Å². The van der Waals surface area contributed by atoms with E-state index < -0.39 is 0 Å². The lowest BCUT2D eigenvalue weighted by Crippen LogP contribution is -2.06. The summed E-state index contributed by atoms with van der Waals surface area (Å²) in [7, 11) is 0. The fourth-order valence-electron chi connectivity index (χ4n) is 2.23. The topological polar surface area (TPSA) is 24.9 Å². The Balaban J connectivity index is 1.86. The van der Waals surface area contributed by atoms with Gasteiger partial charge in [-0.3, -0.25) is 0 Å². The molecule has 1 unspecified atom stereocenters. The average molecular weight is 379 g/mol. The molecule has 0 saturated carbocycles. The van der Waals surface area contributed by atoms with E-state index >= 15 is 0 Å². The Labute approximate surface area is 141 Å². The van der Waals surface area contributed by atoms with Gasteiger partial charge >= 0.3 is 0 Å². The fraction of sp³-hybridized carbons (Fsp3) is 0.188. The van der Waals surface area contributed by atoms with Gasteiger partial charge in [-0.25, -0.2) is 4.98 Å². The lowest BCUT2D eigenvalue weighted by molar-refractivity contribution is 0.879. The summed E-state index contributed by atoms with van der Waals surface area (Å²) in [5.74, 6) is 0. The van der Waals surface area contributed by atoms with E-state index in [1.807, 2.05) is 6.07 Å². The number of anilines is 1. The van der Waals surface area contributed by atoms with E-state index in [9.17, 15) is 0 Å². The van der Waals surface area contributed by atoms with Gasteiger partial charge < -0.3 is 5.32 Å². The largest absolute Gasteiger partial charge is 0.378 e. The lowest BCUT2D eigenvalue weighted by Gasteiger charge is -2.17. The third kappa shape index (κ3) is 3.25. The number of hydrogen-bond donors (Lipinski definition) is 1. The van der Waals surface area contributed by atoms with Gasteiger partial charge in [0.2, 0.25) is 0 Å². The Morgan fingerprint density at radius 3 is 2.81 bits per heavy atom. The van der Waals surface area contributed by atoms with Gasteiger partial charge in [-0.05, 0) is 43.0 Å². The first-order valence-electron chi connectivity index (χ1n) is 6.63. The Hall–Kier alpha value is -1.04. The number of rotatable bonds is 4. The minimum absolute atomic E-state index is 0.242. The molecule has 0 amide bonds. The normalized spacial score (nSPS) is 12.5.